The molecule has 1 heterocycles. The maximum absolute atomic E-state index is 14.9. The maximum atomic E-state index is 14.9. The van der Waals surface area contributed by atoms with Crippen molar-refractivity contribution in [2.24, 2.45) is 0 Å². The lowest BCUT2D eigenvalue weighted by molar-refractivity contribution is -0.136. The van der Waals surface area contributed by atoms with Gasteiger partial charge in [0.25, 0.3) is 0 Å². The third-order valence-corrected chi connectivity index (χ3v) is 9.34. The minimum absolute atomic E-state index is 0.0478. The van der Waals surface area contributed by atoms with E-state index in [1.165, 1.54) is 48.5 Å². The lowest BCUT2D eigenvalue weighted by Crippen LogP contribution is -2.35. The summed E-state index contributed by atoms with van der Waals surface area (Å²) in [5, 5.41) is 0.391. The van der Waals surface area contributed by atoms with Gasteiger partial charge in [0.2, 0.25) is 0 Å². The Labute approximate surface area is 253 Å². The SMILES string of the molecule is Cc1cc(C(F)(F)F)c2c3c(c4c(c2c1)-c1cccc(Br)c1C4(C)C)C=CC(c1ccc(F)cc1)(c1ccc(F)cc1)O3. The van der Waals surface area contributed by atoms with Crippen molar-refractivity contribution in [3.63, 3.8) is 0 Å². The van der Waals surface area contributed by atoms with Crippen molar-refractivity contribution in [1.82, 2.24) is 0 Å². The summed E-state index contributed by atoms with van der Waals surface area (Å²) in [4.78, 5) is 0. The van der Waals surface area contributed by atoms with E-state index in [9.17, 15) is 22.0 Å². The molecule has 0 N–H and O–H groups in total. The molecule has 0 spiro atoms. The summed E-state index contributed by atoms with van der Waals surface area (Å²) < 4.78 is 80.5. The van der Waals surface area contributed by atoms with E-state index in [1.54, 1.807) is 19.1 Å². The second kappa shape index (κ2) is 9.26. The van der Waals surface area contributed by atoms with Gasteiger partial charge in [-0.05, 0) is 82.6 Å². The molecule has 0 saturated carbocycles. The van der Waals surface area contributed by atoms with Crippen LogP contribution in [0.2, 0.25) is 0 Å². The van der Waals surface area contributed by atoms with Gasteiger partial charge in [0.05, 0.1) is 5.56 Å². The van der Waals surface area contributed by atoms with Gasteiger partial charge in [-0.15, -0.1) is 0 Å². The molecule has 1 aliphatic heterocycles. The van der Waals surface area contributed by atoms with E-state index in [2.05, 4.69) is 29.8 Å². The molecule has 0 unspecified atom stereocenters. The average Bonchev–Trinajstić information content (AvgIpc) is 3.20. The van der Waals surface area contributed by atoms with Crippen LogP contribution in [-0.2, 0) is 17.2 Å². The second-order valence-electron chi connectivity index (χ2n) is 11.7. The third kappa shape index (κ3) is 4.00. The molecule has 0 bridgehead atoms. The Bertz CT molecular complexity index is 1940. The molecular weight excluding hydrogens is 623 g/mol. The van der Waals surface area contributed by atoms with Gasteiger partial charge in [-0.2, -0.15) is 13.2 Å². The fraction of sp³-hybridized carbons (Fsp3) is 0.167. The van der Waals surface area contributed by atoms with Gasteiger partial charge in [-0.25, -0.2) is 8.78 Å². The van der Waals surface area contributed by atoms with Crippen molar-refractivity contribution in [2.75, 3.05) is 0 Å². The molecule has 0 saturated heterocycles. The minimum Gasteiger partial charge on any atom is -0.472 e. The number of ether oxygens (including phenoxy) is 1. The van der Waals surface area contributed by atoms with Crippen molar-refractivity contribution >= 4 is 32.8 Å². The lowest BCUT2D eigenvalue weighted by Gasteiger charge is -2.39. The predicted octanol–water partition coefficient (Wildman–Crippen LogP) is 10.9. The fourth-order valence-electron chi connectivity index (χ4n) is 6.92. The zero-order chi connectivity index (χ0) is 30.5. The van der Waals surface area contributed by atoms with E-state index >= 15 is 0 Å². The average molecular weight is 647 g/mol. The highest BCUT2D eigenvalue weighted by atomic mass is 79.9. The Kier molecular flexibility index (Phi) is 6.00. The molecule has 2 aliphatic rings. The number of alkyl halides is 3. The molecule has 5 aromatic carbocycles. The van der Waals surface area contributed by atoms with Gasteiger partial charge < -0.3 is 4.74 Å². The Hall–Kier alpha value is -3.97. The molecule has 43 heavy (non-hydrogen) atoms. The summed E-state index contributed by atoms with van der Waals surface area (Å²) in [6.45, 7) is 5.78. The van der Waals surface area contributed by atoms with Crippen LogP contribution < -0.4 is 4.74 Å². The molecule has 0 amide bonds. The molecule has 0 radical (unpaired) electrons. The summed E-state index contributed by atoms with van der Waals surface area (Å²) in [6.07, 6.45) is -1.09. The number of hydrogen-bond acceptors (Lipinski definition) is 1. The first kappa shape index (κ1) is 27.8. The first-order valence-electron chi connectivity index (χ1n) is 13.7. The van der Waals surface area contributed by atoms with Crippen LogP contribution in [0.4, 0.5) is 22.0 Å². The van der Waals surface area contributed by atoms with Crippen molar-refractivity contribution in [3.8, 4) is 16.9 Å². The van der Waals surface area contributed by atoms with E-state index < -0.39 is 34.4 Å². The van der Waals surface area contributed by atoms with Crippen LogP contribution in [0.25, 0.3) is 28.0 Å². The summed E-state index contributed by atoms with van der Waals surface area (Å²) in [6, 6.07) is 20.0. The van der Waals surface area contributed by atoms with Crippen LogP contribution in [-0.4, -0.2) is 0 Å². The van der Waals surface area contributed by atoms with Crippen molar-refractivity contribution < 1.29 is 26.7 Å². The predicted molar refractivity (Wildman–Crippen MR) is 162 cm³/mol. The molecule has 0 fully saturated rings. The molecular formula is C36H24BrF5O. The zero-order valence-electron chi connectivity index (χ0n) is 23.3. The first-order chi connectivity index (χ1) is 20.3. The Balaban J connectivity index is 1.65. The monoisotopic (exact) mass is 646 g/mol. The molecule has 1 aliphatic carbocycles. The Morgan fingerprint density at radius 3 is 1.98 bits per heavy atom. The molecule has 0 atom stereocenters. The highest BCUT2D eigenvalue weighted by molar-refractivity contribution is 9.10. The van der Waals surface area contributed by atoms with Crippen molar-refractivity contribution in [3.05, 3.63) is 140 Å². The molecule has 216 valence electrons. The second-order valence-corrected chi connectivity index (χ2v) is 12.6. The molecule has 1 nitrogen and oxygen atoms in total. The van der Waals surface area contributed by atoms with E-state index in [1.807, 2.05) is 24.3 Å². The first-order valence-corrected chi connectivity index (χ1v) is 14.5. The number of halogens is 6. The number of rotatable bonds is 2. The quantitative estimate of drug-likeness (QED) is 0.173. The fourth-order valence-corrected chi connectivity index (χ4v) is 7.79. The molecule has 7 rings (SSSR count). The Morgan fingerprint density at radius 1 is 0.791 bits per heavy atom. The van der Waals surface area contributed by atoms with E-state index in [4.69, 9.17) is 4.74 Å². The van der Waals surface area contributed by atoms with Gasteiger partial charge >= 0.3 is 6.18 Å². The highest BCUT2D eigenvalue weighted by Gasteiger charge is 2.47. The zero-order valence-corrected chi connectivity index (χ0v) is 24.9. The van der Waals surface area contributed by atoms with Gasteiger partial charge in [0, 0.05) is 32.0 Å². The van der Waals surface area contributed by atoms with E-state index in [0.717, 1.165) is 32.8 Å². The van der Waals surface area contributed by atoms with Crippen molar-refractivity contribution in [1.29, 1.82) is 0 Å². The number of benzene rings is 5. The van der Waals surface area contributed by atoms with Gasteiger partial charge in [-0.3, -0.25) is 0 Å². The van der Waals surface area contributed by atoms with Crippen LogP contribution in [0, 0.1) is 18.6 Å². The number of hydrogen-bond donors (Lipinski definition) is 0. The summed E-state index contributed by atoms with van der Waals surface area (Å²) >= 11 is 3.70. The largest absolute Gasteiger partial charge is 0.472 e. The number of fused-ring (bicyclic) bond motifs is 8. The summed E-state index contributed by atoms with van der Waals surface area (Å²) in [5.41, 5.74) is 2.59. The van der Waals surface area contributed by atoms with Crippen LogP contribution in [0.3, 0.4) is 0 Å². The van der Waals surface area contributed by atoms with Gasteiger partial charge in [0.1, 0.15) is 17.4 Å². The standard InChI is InChI=1S/C36H24BrF5O/c1-19-17-26-29-24-5-4-6-28(37)31(24)34(2,3)32(29)25-15-16-35(20-7-11-22(38)12-8-20,21-9-13-23(39)14-10-21)43-33(25)30(26)27(18-19)36(40,41)42/h4-18H,1-3H3. The topological polar surface area (TPSA) is 9.23 Å². The smallest absolute Gasteiger partial charge is 0.417 e. The normalized spacial score (nSPS) is 16.0. The van der Waals surface area contributed by atoms with E-state index in [-0.39, 0.29) is 11.1 Å². The lowest BCUT2D eigenvalue weighted by atomic mass is 9.76. The van der Waals surface area contributed by atoms with Crippen LogP contribution in [0.5, 0.6) is 5.75 Å². The van der Waals surface area contributed by atoms with Gasteiger partial charge in [0.15, 0.2) is 5.60 Å². The number of aryl methyl sites for hydroxylation is 1. The van der Waals surface area contributed by atoms with Gasteiger partial charge in [-0.1, -0.05) is 78.3 Å². The van der Waals surface area contributed by atoms with Crippen LogP contribution in [0.15, 0.2) is 89.4 Å². The minimum atomic E-state index is -4.68. The molecule has 7 heteroatoms. The third-order valence-electron chi connectivity index (χ3n) is 8.68. The highest BCUT2D eigenvalue weighted by Crippen LogP contribution is 2.60. The van der Waals surface area contributed by atoms with Crippen LogP contribution in [0.1, 0.15) is 52.8 Å². The summed E-state index contributed by atoms with van der Waals surface area (Å²) in [7, 11) is 0. The Morgan fingerprint density at radius 2 is 1.40 bits per heavy atom. The van der Waals surface area contributed by atoms with Crippen LogP contribution >= 0.6 is 15.9 Å². The maximum Gasteiger partial charge on any atom is 0.417 e. The van der Waals surface area contributed by atoms with E-state index in [0.29, 0.717) is 27.6 Å². The summed E-state index contributed by atoms with van der Waals surface area (Å²) in [5.74, 6) is -0.864. The molecule has 5 aromatic rings. The van der Waals surface area contributed by atoms with Crippen molar-refractivity contribution in [2.45, 2.75) is 38.0 Å². The molecule has 0 aromatic heterocycles.